The van der Waals surface area contributed by atoms with E-state index in [9.17, 15) is 0 Å². The summed E-state index contributed by atoms with van der Waals surface area (Å²) < 4.78 is 0. The van der Waals surface area contributed by atoms with E-state index in [1.807, 2.05) is 6.92 Å². The molecule has 0 saturated carbocycles. The molecule has 0 radical (unpaired) electrons. The first-order valence-electron chi connectivity index (χ1n) is 2.87. The Kier molecular flexibility index (Phi) is 4.95. The molecule has 0 aliphatic rings. The van der Waals surface area contributed by atoms with Crippen LogP contribution in [0.2, 0.25) is 0 Å². The molecule has 3 nitrogen and oxygen atoms in total. The molecular formula is C5H13NO2. The summed E-state index contributed by atoms with van der Waals surface area (Å²) in [7, 11) is 0. The van der Waals surface area contributed by atoms with Crippen LogP contribution in [-0.4, -0.2) is 23.2 Å². The molecule has 3 heteroatoms. The predicted molar refractivity (Wildman–Crippen MR) is 31.1 cm³/mol. The quantitative estimate of drug-likeness (QED) is 0.350. The van der Waals surface area contributed by atoms with Crippen LogP contribution in [0, 0.1) is 0 Å². The van der Waals surface area contributed by atoms with Crippen LogP contribution < -0.4 is 5.32 Å². The number of hydrogen-bond acceptors (Lipinski definition) is 3. The number of aliphatic hydroxyl groups is 2. The molecule has 0 aromatic heterocycles. The topological polar surface area (TPSA) is 52.5 Å². The standard InChI is InChI=1S/C5H13NO2/c1-2-3-4-6-5(7)8/h5-8H,2-4H2,1H3. The molecule has 0 atom stereocenters. The van der Waals surface area contributed by atoms with Gasteiger partial charge in [-0.3, -0.25) is 5.32 Å². The fraction of sp³-hybridized carbons (Fsp3) is 1.00. The lowest BCUT2D eigenvalue weighted by molar-refractivity contribution is -0.0654. The Morgan fingerprint density at radius 1 is 1.50 bits per heavy atom. The Hall–Kier alpha value is -0.120. The summed E-state index contributed by atoms with van der Waals surface area (Å²) in [5.74, 6) is 0. The zero-order valence-electron chi connectivity index (χ0n) is 5.09. The molecule has 0 spiro atoms. The maximum atomic E-state index is 8.22. The minimum atomic E-state index is -1.35. The van der Waals surface area contributed by atoms with Crippen LogP contribution >= 0.6 is 0 Å². The van der Waals surface area contributed by atoms with Crippen LogP contribution in [0.5, 0.6) is 0 Å². The number of hydrogen-bond donors (Lipinski definition) is 3. The molecule has 50 valence electrons. The van der Waals surface area contributed by atoms with Gasteiger partial charge in [0.25, 0.3) is 0 Å². The van der Waals surface area contributed by atoms with E-state index in [0.717, 1.165) is 12.8 Å². The molecule has 0 rings (SSSR count). The maximum Gasteiger partial charge on any atom is 0.210 e. The normalized spacial score (nSPS) is 10.5. The lowest BCUT2D eigenvalue weighted by atomic mass is 10.3. The Bertz CT molecular complexity index is 47.7. The van der Waals surface area contributed by atoms with Gasteiger partial charge >= 0.3 is 0 Å². The molecule has 0 fully saturated rings. The Labute approximate surface area is 49.3 Å². The molecule has 0 aromatic rings. The van der Waals surface area contributed by atoms with Gasteiger partial charge in [0.1, 0.15) is 0 Å². The molecule has 0 amide bonds. The second-order valence-corrected chi connectivity index (χ2v) is 1.68. The van der Waals surface area contributed by atoms with Gasteiger partial charge in [0.05, 0.1) is 0 Å². The predicted octanol–water partition coefficient (Wildman–Crippen LogP) is -0.356. The van der Waals surface area contributed by atoms with Gasteiger partial charge in [-0.1, -0.05) is 13.3 Å². The molecule has 0 unspecified atom stereocenters. The van der Waals surface area contributed by atoms with Crippen molar-refractivity contribution in [3.63, 3.8) is 0 Å². The van der Waals surface area contributed by atoms with Crippen molar-refractivity contribution in [3.05, 3.63) is 0 Å². The first-order valence-corrected chi connectivity index (χ1v) is 2.87. The lowest BCUT2D eigenvalue weighted by Gasteiger charge is -2.03. The first-order chi connectivity index (χ1) is 3.77. The summed E-state index contributed by atoms with van der Waals surface area (Å²) in [6, 6.07) is 0. The first kappa shape index (κ1) is 7.88. The number of unbranched alkanes of at least 4 members (excludes halogenated alkanes) is 1. The van der Waals surface area contributed by atoms with E-state index in [4.69, 9.17) is 10.2 Å². The van der Waals surface area contributed by atoms with E-state index < -0.39 is 6.41 Å². The van der Waals surface area contributed by atoms with Crippen LogP contribution in [0.25, 0.3) is 0 Å². The van der Waals surface area contributed by atoms with Gasteiger partial charge in [-0.05, 0) is 13.0 Å². The van der Waals surface area contributed by atoms with E-state index in [0.29, 0.717) is 6.54 Å². The van der Waals surface area contributed by atoms with E-state index >= 15 is 0 Å². The van der Waals surface area contributed by atoms with E-state index in [1.54, 1.807) is 0 Å². The maximum absolute atomic E-state index is 8.22. The van der Waals surface area contributed by atoms with Crippen molar-refractivity contribution in [3.8, 4) is 0 Å². The van der Waals surface area contributed by atoms with Gasteiger partial charge in [-0.2, -0.15) is 0 Å². The summed E-state index contributed by atoms with van der Waals surface area (Å²) in [6.07, 6.45) is 0.707. The molecule has 0 bridgehead atoms. The van der Waals surface area contributed by atoms with E-state index in [1.165, 1.54) is 0 Å². The summed E-state index contributed by atoms with van der Waals surface area (Å²) in [5, 5.41) is 18.9. The highest BCUT2D eigenvalue weighted by molar-refractivity contribution is 4.39. The van der Waals surface area contributed by atoms with Crippen LogP contribution in [0.3, 0.4) is 0 Å². The van der Waals surface area contributed by atoms with Crippen LogP contribution in [0.4, 0.5) is 0 Å². The van der Waals surface area contributed by atoms with Gasteiger partial charge in [-0.25, -0.2) is 0 Å². The van der Waals surface area contributed by atoms with Crippen molar-refractivity contribution in [2.45, 2.75) is 26.2 Å². The minimum Gasteiger partial charge on any atom is -0.356 e. The summed E-state index contributed by atoms with van der Waals surface area (Å²) >= 11 is 0. The average molecular weight is 119 g/mol. The second kappa shape index (κ2) is 5.03. The molecule has 0 saturated heterocycles. The monoisotopic (exact) mass is 119 g/mol. The highest BCUT2D eigenvalue weighted by Gasteiger charge is 1.90. The van der Waals surface area contributed by atoms with E-state index in [2.05, 4.69) is 5.32 Å². The van der Waals surface area contributed by atoms with Gasteiger partial charge in [0, 0.05) is 0 Å². The highest BCUT2D eigenvalue weighted by atomic mass is 16.5. The SMILES string of the molecule is CCCCNC(O)O. The Balaban J connectivity index is 2.72. The van der Waals surface area contributed by atoms with Crippen molar-refractivity contribution < 1.29 is 10.2 Å². The Morgan fingerprint density at radius 3 is 2.50 bits per heavy atom. The molecular weight excluding hydrogens is 106 g/mol. The van der Waals surface area contributed by atoms with Gasteiger partial charge in [-0.15, -0.1) is 0 Å². The molecule has 0 aromatic carbocycles. The molecule has 0 heterocycles. The van der Waals surface area contributed by atoms with Crippen molar-refractivity contribution in [2.75, 3.05) is 6.54 Å². The fourth-order valence-electron chi connectivity index (χ4n) is 0.408. The van der Waals surface area contributed by atoms with Crippen LogP contribution in [-0.2, 0) is 0 Å². The summed E-state index contributed by atoms with van der Waals surface area (Å²) in [4.78, 5) is 0. The molecule has 0 aliphatic heterocycles. The van der Waals surface area contributed by atoms with Crippen molar-refractivity contribution >= 4 is 0 Å². The smallest absolute Gasteiger partial charge is 0.210 e. The fourth-order valence-corrected chi connectivity index (χ4v) is 0.408. The van der Waals surface area contributed by atoms with Crippen LogP contribution in [0.1, 0.15) is 19.8 Å². The molecule has 8 heavy (non-hydrogen) atoms. The zero-order chi connectivity index (χ0) is 6.41. The average Bonchev–Trinajstić information content (AvgIpc) is 1.66. The largest absolute Gasteiger partial charge is 0.356 e. The Morgan fingerprint density at radius 2 is 2.12 bits per heavy atom. The van der Waals surface area contributed by atoms with Crippen LogP contribution in [0.15, 0.2) is 0 Å². The van der Waals surface area contributed by atoms with Gasteiger partial charge in [0.2, 0.25) is 6.41 Å². The third-order valence-corrected chi connectivity index (χ3v) is 0.857. The second-order valence-electron chi connectivity index (χ2n) is 1.68. The van der Waals surface area contributed by atoms with Crippen molar-refractivity contribution in [1.82, 2.24) is 5.32 Å². The minimum absolute atomic E-state index is 0.675. The summed E-state index contributed by atoms with van der Waals surface area (Å²) in [6.45, 7) is 2.72. The molecule has 3 N–H and O–H groups in total. The van der Waals surface area contributed by atoms with Crippen molar-refractivity contribution in [2.24, 2.45) is 0 Å². The van der Waals surface area contributed by atoms with Gasteiger partial charge < -0.3 is 10.2 Å². The summed E-state index contributed by atoms with van der Waals surface area (Å²) in [5.41, 5.74) is 0. The van der Waals surface area contributed by atoms with Gasteiger partial charge in [0.15, 0.2) is 0 Å². The highest BCUT2D eigenvalue weighted by Crippen LogP contribution is 1.81. The van der Waals surface area contributed by atoms with Crippen molar-refractivity contribution in [1.29, 1.82) is 0 Å². The number of rotatable bonds is 4. The zero-order valence-corrected chi connectivity index (χ0v) is 5.09. The third kappa shape index (κ3) is 5.88. The number of nitrogens with one attached hydrogen (secondary N) is 1. The lowest BCUT2D eigenvalue weighted by Crippen LogP contribution is -2.28. The molecule has 0 aliphatic carbocycles. The van der Waals surface area contributed by atoms with E-state index in [-0.39, 0.29) is 0 Å². The number of aliphatic hydroxyl groups excluding tert-OH is 1. The third-order valence-electron chi connectivity index (χ3n) is 0.857.